The number of aryl methyl sites for hydroxylation is 1. The van der Waals surface area contributed by atoms with Crippen LogP contribution in [0.2, 0.25) is 0 Å². The Labute approximate surface area is 116 Å². The number of nitrogens with one attached hydrogen (secondary N) is 1. The molecule has 1 aliphatic heterocycles. The molecule has 1 fully saturated rings. The van der Waals surface area contributed by atoms with Gasteiger partial charge >= 0.3 is 0 Å². The molecule has 0 aromatic heterocycles. The molecule has 1 aromatic rings. The molecule has 2 nitrogen and oxygen atoms in total. The van der Waals surface area contributed by atoms with Gasteiger partial charge in [0, 0.05) is 18.0 Å². The molecule has 1 N–H and O–H groups in total. The van der Waals surface area contributed by atoms with E-state index in [4.69, 9.17) is 0 Å². The van der Waals surface area contributed by atoms with Crippen LogP contribution in [0.25, 0.3) is 0 Å². The molecule has 2 heteroatoms. The summed E-state index contributed by atoms with van der Waals surface area (Å²) in [6, 6.07) is 8.65. The Morgan fingerprint density at radius 1 is 1.32 bits per heavy atom. The number of hydrogen-bond donors (Lipinski definition) is 1. The predicted octanol–water partition coefficient (Wildman–Crippen LogP) is 3.60. The van der Waals surface area contributed by atoms with E-state index in [1.165, 1.54) is 18.4 Å². The van der Waals surface area contributed by atoms with Gasteiger partial charge in [-0.1, -0.05) is 31.2 Å². The summed E-state index contributed by atoms with van der Waals surface area (Å²) in [6.07, 6.45) is 5.23. The SMILES string of the molecule is CCc1ccc(C(=O)CCC2CCCNC2C)cc1. The molecule has 0 aliphatic carbocycles. The summed E-state index contributed by atoms with van der Waals surface area (Å²) in [5, 5.41) is 3.50. The summed E-state index contributed by atoms with van der Waals surface area (Å²) >= 11 is 0. The zero-order valence-corrected chi connectivity index (χ0v) is 12.1. The lowest BCUT2D eigenvalue weighted by Gasteiger charge is -2.29. The monoisotopic (exact) mass is 259 g/mol. The molecule has 1 aliphatic rings. The van der Waals surface area contributed by atoms with E-state index in [9.17, 15) is 4.79 Å². The third-order valence-corrected chi connectivity index (χ3v) is 4.35. The van der Waals surface area contributed by atoms with Crippen LogP contribution in [-0.4, -0.2) is 18.4 Å². The fourth-order valence-electron chi connectivity index (χ4n) is 2.89. The zero-order valence-electron chi connectivity index (χ0n) is 12.1. The highest BCUT2D eigenvalue weighted by Gasteiger charge is 2.21. The number of piperidine rings is 1. The third-order valence-electron chi connectivity index (χ3n) is 4.35. The van der Waals surface area contributed by atoms with Gasteiger partial charge in [-0.15, -0.1) is 0 Å². The van der Waals surface area contributed by atoms with E-state index in [-0.39, 0.29) is 0 Å². The van der Waals surface area contributed by atoms with Crippen molar-refractivity contribution >= 4 is 5.78 Å². The number of ketones is 1. The molecule has 2 rings (SSSR count). The van der Waals surface area contributed by atoms with Crippen molar-refractivity contribution in [3.63, 3.8) is 0 Å². The predicted molar refractivity (Wildman–Crippen MR) is 79.6 cm³/mol. The average Bonchev–Trinajstić information content (AvgIpc) is 2.46. The minimum atomic E-state index is 0.292. The largest absolute Gasteiger partial charge is 0.314 e. The molecule has 0 bridgehead atoms. The first-order valence-electron chi connectivity index (χ1n) is 7.56. The summed E-state index contributed by atoms with van der Waals surface area (Å²) in [6.45, 7) is 5.50. The summed E-state index contributed by atoms with van der Waals surface area (Å²) in [7, 11) is 0. The highest BCUT2D eigenvalue weighted by atomic mass is 16.1. The molecule has 0 radical (unpaired) electrons. The van der Waals surface area contributed by atoms with E-state index in [0.29, 0.717) is 24.2 Å². The molecule has 2 atom stereocenters. The van der Waals surface area contributed by atoms with Crippen LogP contribution in [-0.2, 0) is 6.42 Å². The van der Waals surface area contributed by atoms with Crippen LogP contribution in [0, 0.1) is 5.92 Å². The van der Waals surface area contributed by atoms with Gasteiger partial charge in [0.15, 0.2) is 5.78 Å². The van der Waals surface area contributed by atoms with Crippen molar-refractivity contribution in [3.05, 3.63) is 35.4 Å². The van der Waals surface area contributed by atoms with Crippen LogP contribution in [0.3, 0.4) is 0 Å². The van der Waals surface area contributed by atoms with Crippen molar-refractivity contribution in [1.82, 2.24) is 5.32 Å². The molecule has 2 unspecified atom stereocenters. The van der Waals surface area contributed by atoms with Crippen LogP contribution in [0.15, 0.2) is 24.3 Å². The number of rotatable bonds is 5. The molecule has 1 aromatic carbocycles. The highest BCUT2D eigenvalue weighted by Crippen LogP contribution is 2.22. The maximum Gasteiger partial charge on any atom is 0.162 e. The van der Waals surface area contributed by atoms with E-state index in [1.54, 1.807) is 0 Å². The molecule has 1 heterocycles. The van der Waals surface area contributed by atoms with Gasteiger partial charge in [-0.2, -0.15) is 0 Å². The Balaban J connectivity index is 1.86. The fraction of sp³-hybridized carbons (Fsp3) is 0.588. The Hall–Kier alpha value is -1.15. The van der Waals surface area contributed by atoms with Gasteiger partial charge in [0.25, 0.3) is 0 Å². The molecule has 19 heavy (non-hydrogen) atoms. The van der Waals surface area contributed by atoms with Crippen molar-refractivity contribution in [1.29, 1.82) is 0 Å². The van der Waals surface area contributed by atoms with Crippen molar-refractivity contribution in [2.75, 3.05) is 6.54 Å². The van der Waals surface area contributed by atoms with Gasteiger partial charge in [-0.3, -0.25) is 4.79 Å². The molecular formula is C17H25NO. The van der Waals surface area contributed by atoms with E-state index in [1.807, 2.05) is 12.1 Å². The first-order valence-corrected chi connectivity index (χ1v) is 7.56. The van der Waals surface area contributed by atoms with Crippen LogP contribution in [0.5, 0.6) is 0 Å². The number of Topliss-reactive ketones (excluding diaryl/α,β-unsaturated/α-hetero) is 1. The van der Waals surface area contributed by atoms with Crippen molar-refractivity contribution in [3.8, 4) is 0 Å². The third kappa shape index (κ3) is 3.90. The Morgan fingerprint density at radius 2 is 2.05 bits per heavy atom. The minimum absolute atomic E-state index is 0.292. The lowest BCUT2D eigenvalue weighted by atomic mass is 9.87. The van der Waals surface area contributed by atoms with Gasteiger partial charge < -0.3 is 5.32 Å². The summed E-state index contributed by atoms with van der Waals surface area (Å²) in [5.74, 6) is 0.952. The first kappa shape index (κ1) is 14.3. The molecule has 0 spiro atoms. The maximum atomic E-state index is 12.2. The topological polar surface area (TPSA) is 29.1 Å². The van der Waals surface area contributed by atoms with Gasteiger partial charge in [-0.25, -0.2) is 0 Å². The highest BCUT2D eigenvalue weighted by molar-refractivity contribution is 5.96. The van der Waals surface area contributed by atoms with E-state index >= 15 is 0 Å². The number of hydrogen-bond acceptors (Lipinski definition) is 2. The summed E-state index contributed by atoms with van der Waals surface area (Å²) in [5.41, 5.74) is 2.16. The van der Waals surface area contributed by atoms with E-state index in [2.05, 4.69) is 31.3 Å². The number of carbonyl (C=O) groups excluding carboxylic acids is 1. The molecule has 0 saturated carbocycles. The van der Waals surface area contributed by atoms with Crippen LogP contribution >= 0.6 is 0 Å². The Bertz CT molecular complexity index is 410. The lowest BCUT2D eigenvalue weighted by Crippen LogP contribution is -2.39. The van der Waals surface area contributed by atoms with Crippen LogP contribution in [0.4, 0.5) is 0 Å². The van der Waals surface area contributed by atoms with Crippen molar-refractivity contribution in [2.45, 2.75) is 52.0 Å². The minimum Gasteiger partial charge on any atom is -0.314 e. The van der Waals surface area contributed by atoms with Crippen molar-refractivity contribution in [2.24, 2.45) is 5.92 Å². The van der Waals surface area contributed by atoms with Crippen LogP contribution in [0.1, 0.15) is 55.5 Å². The number of benzene rings is 1. The zero-order chi connectivity index (χ0) is 13.7. The van der Waals surface area contributed by atoms with Gasteiger partial charge in [0.05, 0.1) is 0 Å². The summed E-state index contributed by atoms with van der Waals surface area (Å²) < 4.78 is 0. The Morgan fingerprint density at radius 3 is 2.68 bits per heavy atom. The molecular weight excluding hydrogens is 234 g/mol. The maximum absolute atomic E-state index is 12.2. The van der Waals surface area contributed by atoms with Gasteiger partial charge in [-0.05, 0) is 50.6 Å². The standard InChI is InChI=1S/C17H25NO/c1-3-14-6-8-16(9-7-14)17(19)11-10-15-5-4-12-18-13(15)2/h6-9,13,15,18H,3-5,10-12H2,1-2H3. The molecule has 104 valence electrons. The van der Waals surface area contributed by atoms with E-state index in [0.717, 1.165) is 24.9 Å². The first-order chi connectivity index (χ1) is 9.20. The van der Waals surface area contributed by atoms with Crippen molar-refractivity contribution < 1.29 is 4.79 Å². The smallest absolute Gasteiger partial charge is 0.162 e. The summed E-state index contributed by atoms with van der Waals surface area (Å²) in [4.78, 5) is 12.2. The second-order valence-electron chi connectivity index (χ2n) is 5.66. The van der Waals surface area contributed by atoms with Crippen LogP contribution < -0.4 is 5.32 Å². The number of carbonyl (C=O) groups is 1. The van der Waals surface area contributed by atoms with Gasteiger partial charge in [0.1, 0.15) is 0 Å². The quantitative estimate of drug-likeness (QED) is 0.819. The molecule has 0 amide bonds. The average molecular weight is 259 g/mol. The molecule has 1 saturated heterocycles. The lowest BCUT2D eigenvalue weighted by molar-refractivity contribution is 0.0967. The second kappa shape index (κ2) is 6.85. The Kier molecular flexibility index (Phi) is 5.15. The second-order valence-corrected chi connectivity index (χ2v) is 5.66. The fourth-order valence-corrected chi connectivity index (χ4v) is 2.89. The normalized spacial score (nSPS) is 23.3. The van der Waals surface area contributed by atoms with E-state index < -0.39 is 0 Å². The van der Waals surface area contributed by atoms with Gasteiger partial charge in [0.2, 0.25) is 0 Å².